The number of piperidine rings is 1. The Morgan fingerprint density at radius 2 is 2.00 bits per heavy atom. The van der Waals surface area contributed by atoms with Gasteiger partial charge in [-0.3, -0.25) is 0 Å². The molecule has 0 amide bonds. The SMILES string of the molecule is COc1ccc2c3c1OC1C(OC(=O)OC[C@H]4O[C@@H](OC)[C@H]5OC(C)(C)OC45)=CCC4[C@@H](C2)N(C)CC[C@]314. The Balaban J connectivity index is 1.11. The van der Waals surface area contributed by atoms with Gasteiger partial charge >= 0.3 is 6.16 Å². The molecule has 0 N–H and O–H groups in total. The molecule has 8 atom stereocenters. The summed E-state index contributed by atoms with van der Waals surface area (Å²) in [6.07, 6.45) is 1.57. The van der Waals surface area contributed by atoms with Crippen LogP contribution in [0.15, 0.2) is 24.0 Å². The molecule has 1 aromatic rings. The van der Waals surface area contributed by atoms with Crippen LogP contribution in [0.4, 0.5) is 4.79 Å². The van der Waals surface area contributed by atoms with Crippen molar-refractivity contribution in [3.63, 3.8) is 0 Å². The van der Waals surface area contributed by atoms with E-state index >= 15 is 0 Å². The summed E-state index contributed by atoms with van der Waals surface area (Å²) in [6, 6.07) is 4.55. The predicted octanol–water partition coefficient (Wildman–Crippen LogP) is 2.90. The number of methoxy groups -OCH3 is 2. The van der Waals surface area contributed by atoms with E-state index in [1.54, 1.807) is 14.2 Å². The van der Waals surface area contributed by atoms with Crippen LogP contribution in [0.2, 0.25) is 0 Å². The van der Waals surface area contributed by atoms with Crippen molar-refractivity contribution in [3.05, 3.63) is 35.1 Å². The first kappa shape index (κ1) is 24.7. The Bertz CT molecular complexity index is 1180. The van der Waals surface area contributed by atoms with Gasteiger partial charge < -0.3 is 42.8 Å². The Morgan fingerprint density at radius 3 is 2.79 bits per heavy atom. The number of hydrogen-bond acceptors (Lipinski definition) is 10. The fourth-order valence-electron chi connectivity index (χ4n) is 7.81. The van der Waals surface area contributed by atoms with Crippen LogP contribution < -0.4 is 9.47 Å². The normalized spacial score (nSPS) is 39.6. The summed E-state index contributed by atoms with van der Waals surface area (Å²) in [5.41, 5.74) is 2.27. The number of rotatable bonds is 5. The zero-order valence-electron chi connectivity index (χ0n) is 22.4. The number of nitrogens with zero attached hydrogens (tertiary/aromatic N) is 1. The van der Waals surface area contributed by atoms with Crippen LogP contribution in [0, 0.1) is 5.92 Å². The van der Waals surface area contributed by atoms with Crippen LogP contribution in [0.5, 0.6) is 11.5 Å². The van der Waals surface area contributed by atoms with Gasteiger partial charge in [-0.2, -0.15) is 0 Å². The minimum Gasteiger partial charge on any atom is -0.493 e. The molecule has 4 aliphatic heterocycles. The first-order valence-corrected chi connectivity index (χ1v) is 13.4. The first-order chi connectivity index (χ1) is 18.3. The Kier molecular flexibility index (Phi) is 5.56. The lowest BCUT2D eigenvalue weighted by atomic mass is 9.53. The molecule has 1 aromatic carbocycles. The van der Waals surface area contributed by atoms with Crippen molar-refractivity contribution in [3.8, 4) is 11.5 Å². The number of likely N-dealkylation sites (tertiary alicyclic amines) is 1. The van der Waals surface area contributed by atoms with Gasteiger partial charge in [-0.25, -0.2) is 4.79 Å². The summed E-state index contributed by atoms with van der Waals surface area (Å²) in [6.45, 7) is 4.59. The van der Waals surface area contributed by atoms with Crippen molar-refractivity contribution in [1.82, 2.24) is 4.90 Å². The van der Waals surface area contributed by atoms with Gasteiger partial charge in [0.1, 0.15) is 30.7 Å². The lowest BCUT2D eigenvalue weighted by Crippen LogP contribution is -2.63. The van der Waals surface area contributed by atoms with Crippen molar-refractivity contribution in [1.29, 1.82) is 0 Å². The number of carbonyl (C=O) groups is 1. The number of likely N-dealkylation sites (N-methyl/N-ethyl adjacent to an activating group) is 1. The molecule has 3 fully saturated rings. The lowest BCUT2D eigenvalue weighted by Gasteiger charge is -2.56. The van der Waals surface area contributed by atoms with E-state index in [0.717, 1.165) is 31.6 Å². The number of benzene rings is 1. The van der Waals surface area contributed by atoms with Crippen LogP contribution >= 0.6 is 0 Å². The molecule has 206 valence electrons. The minimum absolute atomic E-state index is 0.0447. The number of allylic oxidation sites excluding steroid dienone is 1. The van der Waals surface area contributed by atoms with Gasteiger partial charge in [0.05, 0.1) is 7.11 Å². The monoisotopic (exact) mass is 529 g/mol. The molecular weight excluding hydrogens is 494 g/mol. The summed E-state index contributed by atoms with van der Waals surface area (Å²) in [4.78, 5) is 15.4. The quantitative estimate of drug-likeness (QED) is 0.530. The zero-order valence-corrected chi connectivity index (χ0v) is 22.4. The van der Waals surface area contributed by atoms with E-state index in [2.05, 4.69) is 18.0 Å². The average molecular weight is 530 g/mol. The van der Waals surface area contributed by atoms with Gasteiger partial charge in [-0.05, 0) is 70.3 Å². The highest BCUT2D eigenvalue weighted by atomic mass is 16.8. The second-order valence-electron chi connectivity index (χ2n) is 11.6. The smallest absolute Gasteiger partial charge is 0.493 e. The van der Waals surface area contributed by atoms with Gasteiger partial charge in [-0.15, -0.1) is 0 Å². The zero-order chi connectivity index (χ0) is 26.4. The molecule has 10 heteroatoms. The third-order valence-electron chi connectivity index (χ3n) is 9.33. The van der Waals surface area contributed by atoms with E-state index in [0.29, 0.717) is 23.5 Å². The van der Waals surface area contributed by atoms with Crippen molar-refractivity contribution in [2.24, 2.45) is 5.92 Å². The van der Waals surface area contributed by atoms with E-state index in [-0.39, 0.29) is 12.0 Å². The molecule has 3 saturated heterocycles. The van der Waals surface area contributed by atoms with E-state index in [4.69, 9.17) is 37.9 Å². The summed E-state index contributed by atoms with van der Waals surface area (Å²) in [5.74, 6) is 1.60. The largest absolute Gasteiger partial charge is 0.513 e. The van der Waals surface area contributed by atoms with Crippen LogP contribution in [0.1, 0.15) is 37.8 Å². The first-order valence-electron chi connectivity index (χ1n) is 13.4. The number of carbonyl (C=O) groups excluding carboxylic acids is 1. The molecule has 7 rings (SSSR count). The Hall–Kier alpha value is -2.37. The molecule has 6 aliphatic rings. The summed E-state index contributed by atoms with van der Waals surface area (Å²) >= 11 is 0. The second-order valence-corrected chi connectivity index (χ2v) is 11.6. The summed E-state index contributed by atoms with van der Waals surface area (Å²) in [7, 11) is 5.41. The van der Waals surface area contributed by atoms with E-state index in [1.807, 2.05) is 26.0 Å². The highest BCUT2D eigenvalue weighted by Gasteiger charge is 2.65. The summed E-state index contributed by atoms with van der Waals surface area (Å²) < 4.78 is 46.9. The topological polar surface area (TPSA) is 94.2 Å². The molecule has 2 aliphatic carbocycles. The van der Waals surface area contributed by atoms with Gasteiger partial charge in [0.25, 0.3) is 0 Å². The molecule has 1 spiro atoms. The predicted molar refractivity (Wildman–Crippen MR) is 132 cm³/mol. The number of ether oxygens (including phenoxy) is 8. The van der Waals surface area contributed by atoms with Gasteiger partial charge in [-0.1, -0.05) is 6.07 Å². The second kappa shape index (κ2) is 8.56. The van der Waals surface area contributed by atoms with Crippen molar-refractivity contribution >= 4 is 6.16 Å². The maximum Gasteiger partial charge on any atom is 0.513 e. The van der Waals surface area contributed by atoms with Crippen molar-refractivity contribution in [2.45, 2.75) is 81.1 Å². The lowest BCUT2D eigenvalue weighted by molar-refractivity contribution is -0.230. The third kappa shape index (κ3) is 3.40. The molecule has 0 radical (unpaired) electrons. The van der Waals surface area contributed by atoms with E-state index in [1.165, 1.54) is 11.1 Å². The summed E-state index contributed by atoms with van der Waals surface area (Å²) in [5, 5.41) is 0. The minimum atomic E-state index is -0.794. The van der Waals surface area contributed by atoms with Gasteiger partial charge in [0, 0.05) is 24.1 Å². The van der Waals surface area contributed by atoms with Gasteiger partial charge in [0.15, 0.2) is 29.7 Å². The molecular formula is C28H35NO9. The van der Waals surface area contributed by atoms with Gasteiger partial charge in [0.2, 0.25) is 0 Å². The molecule has 4 heterocycles. The Morgan fingerprint density at radius 1 is 1.18 bits per heavy atom. The molecule has 10 nitrogen and oxygen atoms in total. The molecule has 0 saturated carbocycles. The standard InChI is InChI=1S/C28H35NO9/c1-27(2)37-22-19(34-25(32-5)23(22)38-27)13-33-26(30)35-18-9-7-15-16-12-14-6-8-17(31-4)21-20(14)28(15,24(18)36-21)10-11-29(16)3/h6,8-9,15-16,19,22-25H,7,10-13H2,1-5H3/t15?,16-,19-,22?,23+,24?,25-,28+/m1/s1. The molecule has 2 bridgehead atoms. The highest BCUT2D eigenvalue weighted by Crippen LogP contribution is 2.63. The van der Waals surface area contributed by atoms with Crippen LogP contribution in [-0.2, 0) is 40.3 Å². The maximum absolute atomic E-state index is 13.0. The Labute approximate surface area is 222 Å². The third-order valence-corrected chi connectivity index (χ3v) is 9.33. The highest BCUT2D eigenvalue weighted by molar-refractivity contribution is 5.65. The van der Waals surface area contributed by atoms with Crippen LogP contribution in [0.3, 0.4) is 0 Å². The maximum atomic E-state index is 13.0. The average Bonchev–Trinajstić information content (AvgIpc) is 3.51. The molecule has 38 heavy (non-hydrogen) atoms. The molecule has 0 aromatic heterocycles. The number of hydrogen-bond donors (Lipinski definition) is 0. The molecule has 3 unspecified atom stereocenters. The van der Waals surface area contributed by atoms with E-state index in [9.17, 15) is 4.79 Å². The van der Waals surface area contributed by atoms with Crippen LogP contribution in [0.25, 0.3) is 0 Å². The van der Waals surface area contributed by atoms with Crippen molar-refractivity contribution in [2.75, 3.05) is 34.4 Å². The van der Waals surface area contributed by atoms with E-state index < -0.39 is 42.6 Å². The van der Waals surface area contributed by atoms with Crippen molar-refractivity contribution < 1.29 is 42.7 Å². The fourth-order valence-corrected chi connectivity index (χ4v) is 7.81. The fraction of sp³-hybridized carbons (Fsp3) is 0.679. The van der Waals surface area contributed by atoms with Crippen LogP contribution in [-0.4, -0.2) is 88.0 Å². The number of fused-ring (bicyclic) bond motifs is 1.